The molecule has 68 valence electrons. The smallest absolute Gasteiger partial charge is 0.227 e. The molecule has 0 unspecified atom stereocenters. The van der Waals surface area contributed by atoms with Crippen molar-refractivity contribution in [3.05, 3.63) is 11.1 Å². The second-order valence-corrected chi connectivity index (χ2v) is 2.69. The van der Waals surface area contributed by atoms with Gasteiger partial charge in [-0.3, -0.25) is 0 Å². The zero-order valence-electron chi connectivity index (χ0n) is 7.21. The summed E-state index contributed by atoms with van der Waals surface area (Å²) < 4.78 is 0. The van der Waals surface area contributed by atoms with E-state index < -0.39 is 0 Å². The molecule has 0 spiro atoms. The zero-order valence-corrected chi connectivity index (χ0v) is 7.97. The van der Waals surface area contributed by atoms with Crippen molar-refractivity contribution in [2.45, 2.75) is 13.3 Å². The molecule has 0 radical (unpaired) electrons. The lowest BCUT2D eigenvalue weighted by atomic mass is 10.4. The molecule has 0 fully saturated rings. The average molecular weight is 197 g/mol. The van der Waals surface area contributed by atoms with Crippen molar-refractivity contribution in [1.82, 2.24) is 15.0 Å². The number of halogens is 1. The van der Waals surface area contributed by atoms with Crippen molar-refractivity contribution in [3.8, 4) is 12.3 Å². The highest BCUT2D eigenvalue weighted by Crippen LogP contribution is 2.04. The first-order valence-electron chi connectivity index (χ1n) is 3.78. The minimum Gasteiger partial charge on any atom is -0.353 e. The maximum Gasteiger partial charge on any atom is 0.227 e. The van der Waals surface area contributed by atoms with E-state index in [0.717, 1.165) is 0 Å². The number of terminal acetylenes is 1. The molecule has 0 saturated heterocycles. The van der Waals surface area contributed by atoms with Gasteiger partial charge in [-0.15, -0.1) is 12.3 Å². The van der Waals surface area contributed by atoms with Crippen molar-refractivity contribution in [3.63, 3.8) is 0 Å². The van der Waals surface area contributed by atoms with Crippen molar-refractivity contribution in [2.24, 2.45) is 0 Å². The Bertz CT molecular complexity index is 311. The predicted molar refractivity (Wildman–Crippen MR) is 51.5 cm³/mol. The van der Waals surface area contributed by atoms with Gasteiger partial charge in [-0.2, -0.15) is 9.97 Å². The monoisotopic (exact) mass is 196 g/mol. The summed E-state index contributed by atoms with van der Waals surface area (Å²) in [5.74, 6) is 3.55. The molecule has 0 aromatic carbocycles. The molecule has 0 bridgehead atoms. The molecule has 1 heterocycles. The first-order chi connectivity index (χ1) is 6.22. The van der Waals surface area contributed by atoms with E-state index in [1.165, 1.54) is 0 Å². The summed E-state index contributed by atoms with van der Waals surface area (Å²) in [5, 5.41) is 3.13. The van der Waals surface area contributed by atoms with Gasteiger partial charge >= 0.3 is 0 Å². The quantitative estimate of drug-likeness (QED) is 0.584. The van der Waals surface area contributed by atoms with E-state index in [2.05, 4.69) is 26.2 Å². The first kappa shape index (κ1) is 9.75. The molecule has 0 saturated carbocycles. The van der Waals surface area contributed by atoms with E-state index in [-0.39, 0.29) is 5.28 Å². The normalized spacial score (nSPS) is 9.31. The minimum absolute atomic E-state index is 0.190. The largest absolute Gasteiger partial charge is 0.353 e. The van der Waals surface area contributed by atoms with Gasteiger partial charge in [-0.25, -0.2) is 4.98 Å². The van der Waals surface area contributed by atoms with Crippen LogP contribution in [-0.4, -0.2) is 21.5 Å². The van der Waals surface area contributed by atoms with Gasteiger partial charge in [-0.05, 0) is 18.5 Å². The fourth-order valence-corrected chi connectivity index (χ4v) is 0.977. The van der Waals surface area contributed by atoms with Crippen molar-refractivity contribution < 1.29 is 0 Å². The Kier molecular flexibility index (Phi) is 3.47. The molecule has 0 aliphatic carbocycles. The Balaban J connectivity index is 2.62. The maximum atomic E-state index is 5.62. The number of anilines is 1. The van der Waals surface area contributed by atoms with Crippen LogP contribution in [0.2, 0.25) is 5.28 Å². The van der Waals surface area contributed by atoms with Crippen LogP contribution in [0.15, 0.2) is 0 Å². The van der Waals surface area contributed by atoms with Gasteiger partial charge in [-0.1, -0.05) is 0 Å². The van der Waals surface area contributed by atoms with Crippen molar-refractivity contribution in [2.75, 3.05) is 11.9 Å². The Morgan fingerprint density at radius 3 is 2.85 bits per heavy atom. The molecular formula is C8H9ClN4. The number of hydrogen-bond donors (Lipinski definition) is 1. The van der Waals surface area contributed by atoms with Crippen LogP contribution in [0.5, 0.6) is 0 Å². The number of aryl methyl sites for hydroxylation is 1. The van der Waals surface area contributed by atoms with E-state index in [4.69, 9.17) is 18.0 Å². The van der Waals surface area contributed by atoms with E-state index in [9.17, 15) is 0 Å². The second kappa shape index (κ2) is 4.63. The maximum absolute atomic E-state index is 5.62. The summed E-state index contributed by atoms with van der Waals surface area (Å²) in [5.41, 5.74) is 0. The Morgan fingerprint density at radius 1 is 1.46 bits per heavy atom. The summed E-state index contributed by atoms with van der Waals surface area (Å²) in [4.78, 5) is 11.7. The van der Waals surface area contributed by atoms with Gasteiger partial charge in [0, 0.05) is 13.0 Å². The van der Waals surface area contributed by atoms with Gasteiger partial charge in [0.2, 0.25) is 11.2 Å². The van der Waals surface area contributed by atoms with Crippen LogP contribution < -0.4 is 5.32 Å². The third-order valence-corrected chi connectivity index (χ3v) is 1.44. The number of nitrogens with one attached hydrogen (secondary N) is 1. The number of nitrogens with zero attached hydrogens (tertiary/aromatic N) is 3. The third-order valence-electron chi connectivity index (χ3n) is 1.27. The zero-order chi connectivity index (χ0) is 9.68. The van der Waals surface area contributed by atoms with Crippen LogP contribution in [-0.2, 0) is 0 Å². The molecular weight excluding hydrogens is 188 g/mol. The lowest BCUT2D eigenvalue weighted by molar-refractivity contribution is 0.949. The lowest BCUT2D eigenvalue weighted by Gasteiger charge is -2.02. The molecule has 0 aliphatic heterocycles. The van der Waals surface area contributed by atoms with E-state index >= 15 is 0 Å². The molecule has 13 heavy (non-hydrogen) atoms. The second-order valence-electron chi connectivity index (χ2n) is 2.36. The summed E-state index contributed by atoms with van der Waals surface area (Å²) >= 11 is 5.62. The first-order valence-corrected chi connectivity index (χ1v) is 4.15. The van der Waals surface area contributed by atoms with Crippen LogP contribution in [0.25, 0.3) is 0 Å². The molecule has 1 rings (SSSR count). The molecule has 4 nitrogen and oxygen atoms in total. The molecule has 1 aromatic heterocycles. The molecule has 5 heteroatoms. The van der Waals surface area contributed by atoms with Gasteiger partial charge in [0.25, 0.3) is 0 Å². The third kappa shape index (κ3) is 3.26. The van der Waals surface area contributed by atoms with Gasteiger partial charge in [0.1, 0.15) is 5.82 Å². The predicted octanol–water partition coefficient (Wildman–Crippen LogP) is 1.27. The SMILES string of the molecule is C#CCCNc1nc(C)nc(Cl)n1. The molecule has 1 N–H and O–H groups in total. The Hall–Kier alpha value is -1.34. The molecule has 1 aromatic rings. The van der Waals surface area contributed by atoms with Crippen LogP contribution in [0.3, 0.4) is 0 Å². The van der Waals surface area contributed by atoms with E-state index in [1.807, 2.05) is 0 Å². The highest BCUT2D eigenvalue weighted by molar-refractivity contribution is 6.28. The van der Waals surface area contributed by atoms with E-state index in [0.29, 0.717) is 24.7 Å². The van der Waals surface area contributed by atoms with Crippen LogP contribution in [0, 0.1) is 19.3 Å². The summed E-state index contributed by atoms with van der Waals surface area (Å²) in [7, 11) is 0. The summed E-state index contributed by atoms with van der Waals surface area (Å²) in [6, 6.07) is 0. The Morgan fingerprint density at radius 2 is 2.23 bits per heavy atom. The number of aromatic nitrogens is 3. The fraction of sp³-hybridized carbons (Fsp3) is 0.375. The summed E-state index contributed by atoms with van der Waals surface area (Å²) in [6.45, 7) is 2.39. The highest BCUT2D eigenvalue weighted by Gasteiger charge is 1.99. The topological polar surface area (TPSA) is 50.7 Å². The van der Waals surface area contributed by atoms with Gasteiger partial charge < -0.3 is 5.32 Å². The van der Waals surface area contributed by atoms with E-state index in [1.54, 1.807) is 6.92 Å². The van der Waals surface area contributed by atoms with Crippen LogP contribution >= 0.6 is 11.6 Å². The van der Waals surface area contributed by atoms with Gasteiger partial charge in [0.05, 0.1) is 0 Å². The molecule has 0 aliphatic rings. The lowest BCUT2D eigenvalue weighted by Crippen LogP contribution is -2.06. The number of rotatable bonds is 3. The van der Waals surface area contributed by atoms with Crippen LogP contribution in [0.1, 0.15) is 12.2 Å². The molecule has 0 atom stereocenters. The average Bonchev–Trinajstić information content (AvgIpc) is 2.03. The van der Waals surface area contributed by atoms with Crippen LogP contribution in [0.4, 0.5) is 5.95 Å². The standard InChI is InChI=1S/C8H9ClN4/c1-3-4-5-10-8-12-6(2)11-7(9)13-8/h1H,4-5H2,2H3,(H,10,11,12,13). The Labute approximate surface area is 81.8 Å². The highest BCUT2D eigenvalue weighted by atomic mass is 35.5. The van der Waals surface area contributed by atoms with Crippen molar-refractivity contribution in [1.29, 1.82) is 0 Å². The minimum atomic E-state index is 0.190. The molecule has 0 amide bonds. The number of hydrogen-bond acceptors (Lipinski definition) is 4. The van der Waals surface area contributed by atoms with Crippen molar-refractivity contribution >= 4 is 17.5 Å². The fourth-order valence-electron chi connectivity index (χ4n) is 0.775. The summed E-state index contributed by atoms with van der Waals surface area (Å²) in [6.07, 6.45) is 5.71. The van der Waals surface area contributed by atoms with Gasteiger partial charge in [0.15, 0.2) is 0 Å².